The number of thioether (sulfide) groups is 1. The molecule has 0 N–H and O–H groups in total. The van der Waals surface area contributed by atoms with Gasteiger partial charge in [0.2, 0.25) is 0 Å². The predicted molar refractivity (Wildman–Crippen MR) is 31.4 cm³/mol. The molecule has 0 aliphatic carbocycles. The molecule has 2 unspecified atom stereocenters. The van der Waals surface area contributed by atoms with E-state index in [1.807, 2.05) is 5.94 Å². The lowest BCUT2D eigenvalue weighted by Crippen LogP contribution is -2.15. The molecule has 8 heavy (non-hydrogen) atoms. The molecule has 0 bridgehead atoms. The van der Waals surface area contributed by atoms with Crippen molar-refractivity contribution in [3.8, 4) is 0 Å². The summed E-state index contributed by atoms with van der Waals surface area (Å²) in [6.45, 7) is 1.65. The highest BCUT2D eigenvalue weighted by Crippen LogP contribution is 2.33. The molecule has 2 nitrogen and oxygen atoms in total. The first-order chi connectivity index (χ1) is 3.97. The van der Waals surface area contributed by atoms with Crippen LogP contribution in [0.25, 0.3) is 0 Å². The van der Waals surface area contributed by atoms with Gasteiger partial charge in [0.1, 0.15) is 5.94 Å². The Morgan fingerprint density at radius 1 is 1.50 bits per heavy atom. The maximum absolute atomic E-state index is 5.19. The van der Waals surface area contributed by atoms with Crippen molar-refractivity contribution in [1.82, 2.24) is 0 Å². The molecule has 0 aromatic carbocycles. The van der Waals surface area contributed by atoms with Crippen LogP contribution in [0.4, 0.5) is 0 Å². The Hall–Kier alpha value is 0.270. The van der Waals surface area contributed by atoms with Crippen molar-refractivity contribution in [2.75, 3.05) is 13.2 Å². The van der Waals surface area contributed by atoms with E-state index < -0.39 is 0 Å². The van der Waals surface area contributed by atoms with Crippen LogP contribution in [0.2, 0.25) is 0 Å². The fourth-order valence-corrected chi connectivity index (χ4v) is 1.79. The van der Waals surface area contributed by atoms with Crippen LogP contribution in [0.3, 0.4) is 0 Å². The van der Waals surface area contributed by atoms with E-state index in [9.17, 15) is 0 Å². The summed E-state index contributed by atoms with van der Waals surface area (Å²) in [5.74, 6) is 1.82. The molecule has 1 radical (unpaired) electrons. The molecule has 3 heteroatoms. The minimum atomic E-state index is 0.361. The van der Waals surface area contributed by atoms with E-state index in [0.717, 1.165) is 13.2 Å². The van der Waals surface area contributed by atoms with E-state index in [4.69, 9.17) is 9.47 Å². The quantitative estimate of drug-likeness (QED) is 0.480. The molecule has 2 heterocycles. The van der Waals surface area contributed by atoms with Gasteiger partial charge in [-0.15, -0.1) is 11.8 Å². The van der Waals surface area contributed by atoms with Crippen LogP contribution in [0.15, 0.2) is 0 Å². The topological polar surface area (TPSA) is 18.5 Å². The van der Waals surface area contributed by atoms with Gasteiger partial charge in [-0.3, -0.25) is 0 Å². The molecule has 2 saturated heterocycles. The van der Waals surface area contributed by atoms with Crippen LogP contribution in [-0.2, 0) is 9.47 Å². The summed E-state index contributed by atoms with van der Waals surface area (Å²) in [5, 5.41) is 0.593. The fraction of sp³-hybridized carbons (Fsp3) is 0.800. The molecule has 0 saturated carbocycles. The largest absolute Gasteiger partial charge is 0.377 e. The van der Waals surface area contributed by atoms with Gasteiger partial charge in [0.05, 0.1) is 24.6 Å². The number of hydrogen-bond acceptors (Lipinski definition) is 3. The van der Waals surface area contributed by atoms with Crippen molar-refractivity contribution < 1.29 is 9.47 Å². The average molecular weight is 131 g/mol. The molecule has 0 aromatic rings. The van der Waals surface area contributed by atoms with E-state index in [2.05, 4.69) is 0 Å². The van der Waals surface area contributed by atoms with Gasteiger partial charge in [0, 0.05) is 0 Å². The van der Waals surface area contributed by atoms with E-state index in [0.29, 0.717) is 11.4 Å². The van der Waals surface area contributed by atoms with Gasteiger partial charge in [-0.05, 0) is 0 Å². The highest BCUT2D eigenvalue weighted by atomic mass is 32.2. The summed E-state index contributed by atoms with van der Waals surface area (Å²) in [4.78, 5) is 0. The van der Waals surface area contributed by atoms with Crippen molar-refractivity contribution in [2.24, 2.45) is 0 Å². The third kappa shape index (κ3) is 0.658. The Bertz CT molecular complexity index is 76.4. The van der Waals surface area contributed by atoms with Crippen LogP contribution in [0.5, 0.6) is 0 Å². The lowest BCUT2D eigenvalue weighted by atomic mass is 10.3. The predicted octanol–water partition coefficient (Wildman–Crippen LogP) is 0.636. The van der Waals surface area contributed by atoms with Crippen LogP contribution < -0.4 is 0 Å². The Morgan fingerprint density at radius 3 is 3.38 bits per heavy atom. The zero-order chi connectivity index (χ0) is 5.40. The van der Waals surface area contributed by atoms with Crippen molar-refractivity contribution in [3.05, 3.63) is 5.94 Å². The number of hydrogen-bond donors (Lipinski definition) is 0. The first-order valence-corrected chi connectivity index (χ1v) is 3.61. The zero-order valence-corrected chi connectivity index (χ0v) is 5.19. The van der Waals surface area contributed by atoms with E-state index in [1.165, 1.54) is 0 Å². The third-order valence-electron chi connectivity index (χ3n) is 1.44. The molecular weight excluding hydrogens is 124 g/mol. The second-order valence-corrected chi connectivity index (χ2v) is 3.05. The Kier molecular flexibility index (Phi) is 1.21. The van der Waals surface area contributed by atoms with Crippen molar-refractivity contribution in [3.63, 3.8) is 0 Å². The molecular formula is C5H7O2S. The van der Waals surface area contributed by atoms with Crippen molar-refractivity contribution in [1.29, 1.82) is 0 Å². The summed E-state index contributed by atoms with van der Waals surface area (Å²) in [6.07, 6.45) is 0.361. The standard InChI is InChI=1S/C5H7O2S/c1-4-5(2-6-1)8-3-7-4/h3-5H,1-2H2. The molecule has 0 spiro atoms. The smallest absolute Gasteiger partial charge is 0.139 e. The maximum Gasteiger partial charge on any atom is 0.139 e. The van der Waals surface area contributed by atoms with Gasteiger partial charge in [0.15, 0.2) is 0 Å². The van der Waals surface area contributed by atoms with E-state index in [-0.39, 0.29) is 0 Å². The van der Waals surface area contributed by atoms with Crippen molar-refractivity contribution in [2.45, 2.75) is 11.4 Å². The highest BCUT2D eigenvalue weighted by Gasteiger charge is 2.34. The van der Waals surface area contributed by atoms with Gasteiger partial charge in [-0.2, -0.15) is 0 Å². The summed E-state index contributed by atoms with van der Waals surface area (Å²) in [5.41, 5.74) is 0. The molecule has 2 aliphatic heterocycles. The number of fused-ring (bicyclic) bond motifs is 1. The lowest BCUT2D eigenvalue weighted by Gasteiger charge is -1.99. The van der Waals surface area contributed by atoms with Crippen LogP contribution in [0.1, 0.15) is 0 Å². The molecule has 2 atom stereocenters. The van der Waals surface area contributed by atoms with E-state index in [1.54, 1.807) is 11.8 Å². The summed E-state index contributed by atoms with van der Waals surface area (Å²) >= 11 is 1.74. The Labute approximate surface area is 52.5 Å². The minimum absolute atomic E-state index is 0.361. The third-order valence-corrected chi connectivity index (χ3v) is 2.45. The molecule has 0 amide bonds. The summed E-state index contributed by atoms with van der Waals surface area (Å²) in [7, 11) is 0. The first kappa shape index (κ1) is 5.09. The van der Waals surface area contributed by atoms with Crippen LogP contribution >= 0.6 is 11.8 Å². The van der Waals surface area contributed by atoms with E-state index >= 15 is 0 Å². The fourth-order valence-electron chi connectivity index (χ4n) is 0.944. The SMILES string of the molecule is [CH]1OC2COCC2S1. The Morgan fingerprint density at radius 2 is 2.50 bits per heavy atom. The second kappa shape index (κ2) is 1.90. The van der Waals surface area contributed by atoms with Gasteiger partial charge in [0.25, 0.3) is 0 Å². The first-order valence-electron chi connectivity index (χ1n) is 2.67. The second-order valence-electron chi connectivity index (χ2n) is 1.98. The minimum Gasteiger partial charge on any atom is -0.377 e. The molecule has 2 rings (SSSR count). The molecule has 2 fully saturated rings. The number of ether oxygens (including phenoxy) is 2. The maximum atomic E-state index is 5.19. The monoisotopic (exact) mass is 131 g/mol. The molecule has 0 aromatic heterocycles. The lowest BCUT2D eigenvalue weighted by molar-refractivity contribution is 0.107. The summed E-state index contributed by atoms with van der Waals surface area (Å²) < 4.78 is 10.3. The molecule has 45 valence electrons. The van der Waals surface area contributed by atoms with Crippen LogP contribution in [-0.4, -0.2) is 24.6 Å². The van der Waals surface area contributed by atoms with Crippen molar-refractivity contribution >= 4 is 11.8 Å². The Balaban J connectivity index is 2.04. The van der Waals surface area contributed by atoms with Gasteiger partial charge >= 0.3 is 0 Å². The number of rotatable bonds is 0. The molecule has 2 aliphatic rings. The normalized spacial score (nSPS) is 45.0. The van der Waals surface area contributed by atoms with Gasteiger partial charge in [-0.25, -0.2) is 0 Å². The summed E-state index contributed by atoms with van der Waals surface area (Å²) in [6, 6.07) is 0. The highest BCUT2D eigenvalue weighted by molar-refractivity contribution is 8.02. The van der Waals surface area contributed by atoms with Gasteiger partial charge < -0.3 is 9.47 Å². The van der Waals surface area contributed by atoms with Gasteiger partial charge in [-0.1, -0.05) is 0 Å². The zero-order valence-electron chi connectivity index (χ0n) is 4.37. The average Bonchev–Trinajstić information content (AvgIpc) is 2.15. The van der Waals surface area contributed by atoms with Crippen LogP contribution in [0, 0.1) is 5.94 Å².